The van der Waals surface area contributed by atoms with Gasteiger partial charge in [-0.05, 0) is 39.3 Å². The average molecular weight is 257 g/mol. The van der Waals surface area contributed by atoms with Crippen molar-refractivity contribution in [3.05, 3.63) is 35.4 Å². The van der Waals surface area contributed by atoms with E-state index in [2.05, 4.69) is 5.32 Å². The van der Waals surface area contributed by atoms with Gasteiger partial charge in [-0.3, -0.25) is 0 Å². The van der Waals surface area contributed by atoms with Crippen molar-refractivity contribution in [2.75, 3.05) is 13.2 Å². The number of halogens is 2. The van der Waals surface area contributed by atoms with E-state index in [1.54, 1.807) is 0 Å². The van der Waals surface area contributed by atoms with Crippen molar-refractivity contribution < 1.29 is 13.5 Å². The molecule has 0 bridgehead atoms. The summed E-state index contributed by atoms with van der Waals surface area (Å²) >= 11 is 0. The molecule has 0 heterocycles. The molecule has 2 nitrogen and oxygen atoms in total. The van der Waals surface area contributed by atoms with E-state index in [1.165, 1.54) is 12.1 Å². The first-order valence-electron chi connectivity index (χ1n) is 6.36. The van der Waals surface area contributed by atoms with E-state index in [1.807, 2.05) is 13.8 Å². The van der Waals surface area contributed by atoms with E-state index in [-0.39, 0.29) is 6.10 Å². The molecule has 1 rings (SSSR count). The van der Waals surface area contributed by atoms with Gasteiger partial charge in [0, 0.05) is 24.8 Å². The zero-order valence-corrected chi connectivity index (χ0v) is 11.0. The Morgan fingerprint density at radius 3 is 2.67 bits per heavy atom. The second-order valence-corrected chi connectivity index (χ2v) is 4.54. The van der Waals surface area contributed by atoms with E-state index in [9.17, 15) is 8.78 Å². The Bertz CT molecular complexity index is 356. The molecular weight excluding hydrogens is 236 g/mol. The SMILES string of the molecule is CC(C)OCCCCNCc1ccc(F)cc1F. The van der Waals surface area contributed by atoms with Crippen LogP contribution in [0.15, 0.2) is 18.2 Å². The molecule has 0 spiro atoms. The first kappa shape index (κ1) is 15.1. The summed E-state index contributed by atoms with van der Waals surface area (Å²) in [5.41, 5.74) is 0.495. The minimum Gasteiger partial charge on any atom is -0.379 e. The van der Waals surface area contributed by atoms with Crippen LogP contribution in [-0.4, -0.2) is 19.3 Å². The fourth-order valence-electron chi connectivity index (χ4n) is 1.56. The van der Waals surface area contributed by atoms with Gasteiger partial charge < -0.3 is 10.1 Å². The normalized spacial score (nSPS) is 11.2. The zero-order valence-electron chi connectivity index (χ0n) is 11.0. The molecule has 0 aromatic heterocycles. The van der Waals surface area contributed by atoms with Gasteiger partial charge in [0.1, 0.15) is 11.6 Å². The standard InChI is InChI=1S/C14H21F2NO/c1-11(2)18-8-4-3-7-17-10-12-5-6-13(15)9-14(12)16/h5-6,9,11,17H,3-4,7-8,10H2,1-2H3. The Labute approximate surface area is 107 Å². The van der Waals surface area contributed by atoms with Crippen LogP contribution in [0.2, 0.25) is 0 Å². The summed E-state index contributed by atoms with van der Waals surface area (Å²) in [6.45, 7) is 6.00. The second-order valence-electron chi connectivity index (χ2n) is 4.54. The third kappa shape index (κ3) is 6.07. The topological polar surface area (TPSA) is 21.3 Å². The summed E-state index contributed by atoms with van der Waals surface area (Å²) in [4.78, 5) is 0. The molecule has 1 N–H and O–H groups in total. The van der Waals surface area contributed by atoms with Crippen LogP contribution in [0.25, 0.3) is 0 Å². The predicted molar refractivity (Wildman–Crippen MR) is 68.4 cm³/mol. The molecule has 0 aliphatic rings. The van der Waals surface area contributed by atoms with E-state index in [4.69, 9.17) is 4.74 Å². The van der Waals surface area contributed by atoms with Crippen LogP contribution in [0.3, 0.4) is 0 Å². The van der Waals surface area contributed by atoms with Crippen molar-refractivity contribution in [1.29, 1.82) is 0 Å². The van der Waals surface area contributed by atoms with Gasteiger partial charge in [0.2, 0.25) is 0 Å². The molecule has 102 valence electrons. The molecule has 0 saturated carbocycles. The summed E-state index contributed by atoms with van der Waals surface area (Å²) in [7, 11) is 0. The largest absolute Gasteiger partial charge is 0.379 e. The molecule has 0 amide bonds. The Morgan fingerprint density at radius 2 is 2.00 bits per heavy atom. The van der Waals surface area contributed by atoms with Crippen LogP contribution in [-0.2, 0) is 11.3 Å². The highest BCUT2D eigenvalue weighted by atomic mass is 19.1. The highest BCUT2D eigenvalue weighted by Crippen LogP contribution is 2.08. The highest BCUT2D eigenvalue weighted by Gasteiger charge is 2.02. The summed E-state index contributed by atoms with van der Waals surface area (Å²) in [5, 5.41) is 3.13. The van der Waals surface area contributed by atoms with Crippen LogP contribution in [0.4, 0.5) is 8.78 Å². The number of benzene rings is 1. The maximum atomic E-state index is 13.3. The van der Waals surface area contributed by atoms with Gasteiger partial charge in [0.05, 0.1) is 6.10 Å². The number of nitrogens with one attached hydrogen (secondary N) is 1. The van der Waals surface area contributed by atoms with Gasteiger partial charge in [-0.2, -0.15) is 0 Å². The van der Waals surface area contributed by atoms with Crippen LogP contribution in [0, 0.1) is 11.6 Å². The predicted octanol–water partition coefficient (Wildman–Crippen LogP) is 3.26. The van der Waals surface area contributed by atoms with Crippen LogP contribution < -0.4 is 5.32 Å². The van der Waals surface area contributed by atoms with Crippen molar-refractivity contribution in [3.63, 3.8) is 0 Å². The van der Waals surface area contributed by atoms with Crippen LogP contribution in [0.5, 0.6) is 0 Å². The Hall–Kier alpha value is -1.00. The van der Waals surface area contributed by atoms with Crippen molar-refractivity contribution in [2.45, 2.75) is 39.3 Å². The van der Waals surface area contributed by atoms with Gasteiger partial charge in [0.25, 0.3) is 0 Å². The molecule has 18 heavy (non-hydrogen) atoms. The third-order valence-corrected chi connectivity index (χ3v) is 2.53. The lowest BCUT2D eigenvalue weighted by molar-refractivity contribution is 0.0760. The third-order valence-electron chi connectivity index (χ3n) is 2.53. The summed E-state index contributed by atoms with van der Waals surface area (Å²) in [5.74, 6) is -1.03. The number of hydrogen-bond acceptors (Lipinski definition) is 2. The van der Waals surface area contributed by atoms with E-state index < -0.39 is 11.6 Å². The van der Waals surface area contributed by atoms with Gasteiger partial charge >= 0.3 is 0 Å². The van der Waals surface area contributed by atoms with Crippen molar-refractivity contribution in [1.82, 2.24) is 5.32 Å². The minimum atomic E-state index is -0.540. The maximum absolute atomic E-state index is 13.3. The van der Waals surface area contributed by atoms with Crippen LogP contribution in [0.1, 0.15) is 32.3 Å². The Kier molecular flexibility index (Phi) is 6.83. The van der Waals surface area contributed by atoms with E-state index >= 15 is 0 Å². The molecule has 0 aliphatic heterocycles. The minimum absolute atomic E-state index is 0.270. The number of ether oxygens (including phenoxy) is 1. The maximum Gasteiger partial charge on any atom is 0.130 e. The lowest BCUT2D eigenvalue weighted by atomic mass is 10.2. The van der Waals surface area contributed by atoms with Gasteiger partial charge in [-0.25, -0.2) is 8.78 Å². The second kappa shape index (κ2) is 8.16. The Balaban J connectivity index is 2.11. The van der Waals surface area contributed by atoms with Gasteiger partial charge in [-0.15, -0.1) is 0 Å². The first-order valence-corrected chi connectivity index (χ1v) is 6.36. The van der Waals surface area contributed by atoms with Gasteiger partial charge in [0.15, 0.2) is 0 Å². The summed E-state index contributed by atoms with van der Waals surface area (Å²) in [6, 6.07) is 3.66. The lowest BCUT2D eigenvalue weighted by Gasteiger charge is -2.08. The molecule has 0 fully saturated rings. The monoisotopic (exact) mass is 257 g/mol. The van der Waals surface area contributed by atoms with E-state index in [0.29, 0.717) is 12.1 Å². The van der Waals surface area contributed by atoms with Crippen LogP contribution >= 0.6 is 0 Å². The smallest absolute Gasteiger partial charge is 0.130 e. The molecule has 0 radical (unpaired) electrons. The molecule has 4 heteroatoms. The number of hydrogen-bond donors (Lipinski definition) is 1. The molecule has 0 saturated heterocycles. The first-order chi connectivity index (χ1) is 8.59. The number of unbranched alkanes of at least 4 members (excludes halogenated alkanes) is 1. The fourth-order valence-corrected chi connectivity index (χ4v) is 1.56. The quantitative estimate of drug-likeness (QED) is 0.722. The molecule has 0 unspecified atom stereocenters. The van der Waals surface area contributed by atoms with Crippen molar-refractivity contribution in [3.8, 4) is 0 Å². The highest BCUT2D eigenvalue weighted by molar-refractivity contribution is 5.18. The average Bonchev–Trinajstić information content (AvgIpc) is 2.30. The van der Waals surface area contributed by atoms with Crippen molar-refractivity contribution in [2.24, 2.45) is 0 Å². The molecule has 1 aromatic carbocycles. The Morgan fingerprint density at radius 1 is 1.22 bits per heavy atom. The van der Waals surface area contributed by atoms with E-state index in [0.717, 1.165) is 32.1 Å². The fraction of sp³-hybridized carbons (Fsp3) is 0.571. The molecule has 1 aromatic rings. The summed E-state index contributed by atoms with van der Waals surface area (Å²) in [6.07, 6.45) is 2.23. The number of rotatable bonds is 8. The summed E-state index contributed by atoms with van der Waals surface area (Å²) < 4.78 is 31.3. The molecular formula is C14H21F2NO. The van der Waals surface area contributed by atoms with Gasteiger partial charge in [-0.1, -0.05) is 6.07 Å². The zero-order chi connectivity index (χ0) is 13.4. The molecule has 0 aliphatic carbocycles. The van der Waals surface area contributed by atoms with Crippen molar-refractivity contribution >= 4 is 0 Å². The molecule has 0 atom stereocenters. The lowest BCUT2D eigenvalue weighted by Crippen LogP contribution is -2.16.